The van der Waals surface area contributed by atoms with Gasteiger partial charge in [-0.25, -0.2) is 4.98 Å². The second-order valence-electron chi connectivity index (χ2n) is 3.71. The van der Waals surface area contributed by atoms with E-state index in [4.69, 9.17) is 0 Å². The Morgan fingerprint density at radius 1 is 1.58 bits per heavy atom. The van der Waals surface area contributed by atoms with Crippen molar-refractivity contribution >= 4 is 5.82 Å². The molecule has 1 aromatic heterocycles. The molecule has 0 radical (unpaired) electrons. The van der Waals surface area contributed by atoms with E-state index in [9.17, 15) is 0 Å². The monoisotopic (exact) mass is 162 g/mol. The maximum atomic E-state index is 4.34. The van der Waals surface area contributed by atoms with Crippen molar-refractivity contribution in [2.45, 2.75) is 20.3 Å². The number of pyridine rings is 1. The lowest BCUT2D eigenvalue weighted by Gasteiger charge is -2.22. The van der Waals surface area contributed by atoms with Gasteiger partial charge in [-0.1, -0.05) is 13.0 Å². The molecule has 0 aromatic carbocycles. The number of aryl methyl sites for hydroxylation is 1. The largest absolute Gasteiger partial charge is 0.370 e. The van der Waals surface area contributed by atoms with Gasteiger partial charge in [0.1, 0.15) is 5.82 Å². The molecule has 1 N–H and O–H groups in total. The van der Waals surface area contributed by atoms with Crippen LogP contribution in [0.3, 0.4) is 0 Å². The molecule has 2 nitrogen and oxygen atoms in total. The minimum atomic E-state index is 0.737. The van der Waals surface area contributed by atoms with Crippen LogP contribution < -0.4 is 5.32 Å². The van der Waals surface area contributed by atoms with E-state index in [-0.39, 0.29) is 0 Å². The fourth-order valence-corrected chi connectivity index (χ4v) is 1.66. The molecule has 0 saturated heterocycles. The van der Waals surface area contributed by atoms with Crippen LogP contribution in [0.5, 0.6) is 0 Å². The molecule has 0 bridgehead atoms. The lowest BCUT2D eigenvalue weighted by Crippen LogP contribution is -2.21. The van der Waals surface area contributed by atoms with Crippen molar-refractivity contribution in [2.24, 2.45) is 5.92 Å². The van der Waals surface area contributed by atoms with Crippen molar-refractivity contribution in [2.75, 3.05) is 11.9 Å². The van der Waals surface area contributed by atoms with E-state index in [0.29, 0.717) is 0 Å². The van der Waals surface area contributed by atoms with Crippen LogP contribution in [0.25, 0.3) is 0 Å². The SMILES string of the molecule is Cc1cnc2c(c1)CC(C)CN2. The number of aromatic nitrogens is 1. The van der Waals surface area contributed by atoms with Gasteiger partial charge in [0.05, 0.1) is 0 Å². The Labute approximate surface area is 73.0 Å². The standard InChI is InChI=1S/C10H14N2/c1-7-3-9-4-8(2)6-12-10(9)11-5-7/h3,5,8H,4,6H2,1-2H3,(H,11,12). The molecular weight excluding hydrogens is 148 g/mol. The van der Waals surface area contributed by atoms with Gasteiger partial charge in [-0.05, 0) is 30.4 Å². The Kier molecular flexibility index (Phi) is 1.75. The number of fused-ring (bicyclic) bond motifs is 1. The highest BCUT2D eigenvalue weighted by molar-refractivity contribution is 5.47. The lowest BCUT2D eigenvalue weighted by molar-refractivity contribution is 0.590. The molecule has 2 heterocycles. The van der Waals surface area contributed by atoms with E-state index >= 15 is 0 Å². The Bertz CT molecular complexity index is 294. The maximum absolute atomic E-state index is 4.34. The summed E-state index contributed by atoms with van der Waals surface area (Å²) in [4.78, 5) is 4.34. The molecular formula is C10H14N2. The Hall–Kier alpha value is -1.05. The van der Waals surface area contributed by atoms with Gasteiger partial charge in [-0.15, -0.1) is 0 Å². The summed E-state index contributed by atoms with van der Waals surface area (Å²) in [6, 6.07) is 2.23. The minimum absolute atomic E-state index is 0.737. The smallest absolute Gasteiger partial charge is 0.129 e. The molecule has 1 aliphatic rings. The summed E-state index contributed by atoms with van der Waals surface area (Å²) in [5.41, 5.74) is 2.62. The molecule has 1 aliphatic heterocycles. The van der Waals surface area contributed by atoms with E-state index in [0.717, 1.165) is 24.7 Å². The van der Waals surface area contributed by atoms with Gasteiger partial charge in [0.2, 0.25) is 0 Å². The molecule has 1 atom stereocenters. The number of anilines is 1. The predicted molar refractivity (Wildman–Crippen MR) is 50.3 cm³/mol. The van der Waals surface area contributed by atoms with Gasteiger partial charge in [0, 0.05) is 12.7 Å². The minimum Gasteiger partial charge on any atom is -0.370 e. The second-order valence-corrected chi connectivity index (χ2v) is 3.71. The molecule has 1 aromatic rings. The van der Waals surface area contributed by atoms with Gasteiger partial charge in [0.25, 0.3) is 0 Å². The van der Waals surface area contributed by atoms with Crippen LogP contribution in [0, 0.1) is 12.8 Å². The Morgan fingerprint density at radius 2 is 2.42 bits per heavy atom. The summed E-state index contributed by atoms with van der Waals surface area (Å²) < 4.78 is 0. The van der Waals surface area contributed by atoms with Gasteiger partial charge in [0.15, 0.2) is 0 Å². The zero-order valence-corrected chi connectivity index (χ0v) is 7.59. The highest BCUT2D eigenvalue weighted by atomic mass is 15.0. The highest BCUT2D eigenvalue weighted by Gasteiger charge is 2.14. The van der Waals surface area contributed by atoms with Crippen molar-refractivity contribution in [1.29, 1.82) is 0 Å². The third-order valence-corrected chi connectivity index (χ3v) is 2.29. The van der Waals surface area contributed by atoms with E-state index in [1.54, 1.807) is 0 Å². The average Bonchev–Trinajstić information content (AvgIpc) is 2.03. The zero-order valence-electron chi connectivity index (χ0n) is 7.59. The normalized spacial score (nSPS) is 21.3. The van der Waals surface area contributed by atoms with Crippen LogP contribution in [0.15, 0.2) is 12.3 Å². The molecule has 2 rings (SSSR count). The van der Waals surface area contributed by atoms with Gasteiger partial charge in [-0.2, -0.15) is 0 Å². The van der Waals surface area contributed by atoms with Gasteiger partial charge in [-0.3, -0.25) is 0 Å². The predicted octanol–water partition coefficient (Wildman–Crippen LogP) is 1.99. The first-order valence-corrected chi connectivity index (χ1v) is 4.45. The van der Waals surface area contributed by atoms with Crippen LogP contribution in [-0.2, 0) is 6.42 Å². The maximum Gasteiger partial charge on any atom is 0.129 e. The first kappa shape index (κ1) is 7.59. The van der Waals surface area contributed by atoms with Crippen molar-refractivity contribution in [3.05, 3.63) is 23.4 Å². The number of rotatable bonds is 0. The lowest BCUT2D eigenvalue weighted by atomic mass is 9.97. The van der Waals surface area contributed by atoms with Crippen molar-refractivity contribution in [1.82, 2.24) is 4.98 Å². The zero-order chi connectivity index (χ0) is 8.55. The summed E-state index contributed by atoms with van der Waals surface area (Å²) in [7, 11) is 0. The van der Waals surface area contributed by atoms with Crippen molar-refractivity contribution in [3.63, 3.8) is 0 Å². The fraction of sp³-hybridized carbons (Fsp3) is 0.500. The summed E-state index contributed by atoms with van der Waals surface area (Å²) in [5.74, 6) is 1.82. The van der Waals surface area contributed by atoms with E-state index in [1.807, 2.05) is 6.20 Å². The van der Waals surface area contributed by atoms with Gasteiger partial charge < -0.3 is 5.32 Å². The summed E-state index contributed by atoms with van der Waals surface area (Å²) in [6.07, 6.45) is 3.08. The molecule has 0 saturated carbocycles. The molecule has 0 spiro atoms. The first-order valence-electron chi connectivity index (χ1n) is 4.45. The van der Waals surface area contributed by atoms with Crippen LogP contribution in [-0.4, -0.2) is 11.5 Å². The summed E-state index contributed by atoms with van der Waals surface area (Å²) in [6.45, 7) is 5.41. The van der Waals surface area contributed by atoms with Crippen molar-refractivity contribution in [3.8, 4) is 0 Å². The van der Waals surface area contributed by atoms with E-state index in [2.05, 4.69) is 30.2 Å². The fourth-order valence-electron chi connectivity index (χ4n) is 1.66. The molecule has 2 heteroatoms. The molecule has 0 amide bonds. The highest BCUT2D eigenvalue weighted by Crippen LogP contribution is 2.22. The summed E-state index contributed by atoms with van der Waals surface area (Å²) >= 11 is 0. The van der Waals surface area contributed by atoms with Crippen LogP contribution in [0.1, 0.15) is 18.1 Å². The number of nitrogens with one attached hydrogen (secondary N) is 1. The Morgan fingerprint density at radius 3 is 3.25 bits per heavy atom. The van der Waals surface area contributed by atoms with Crippen molar-refractivity contribution < 1.29 is 0 Å². The average molecular weight is 162 g/mol. The number of hydrogen-bond acceptors (Lipinski definition) is 2. The summed E-state index contributed by atoms with van der Waals surface area (Å²) in [5, 5.41) is 3.33. The second kappa shape index (κ2) is 2.77. The van der Waals surface area contributed by atoms with Gasteiger partial charge >= 0.3 is 0 Å². The number of nitrogens with zero attached hydrogens (tertiary/aromatic N) is 1. The molecule has 12 heavy (non-hydrogen) atoms. The molecule has 0 fully saturated rings. The van der Waals surface area contributed by atoms with Crippen LogP contribution >= 0.6 is 0 Å². The van der Waals surface area contributed by atoms with Crippen LogP contribution in [0.4, 0.5) is 5.82 Å². The first-order chi connectivity index (χ1) is 5.75. The topological polar surface area (TPSA) is 24.9 Å². The molecule has 0 aliphatic carbocycles. The van der Waals surface area contributed by atoms with E-state index < -0.39 is 0 Å². The number of hydrogen-bond donors (Lipinski definition) is 1. The quantitative estimate of drug-likeness (QED) is 0.631. The molecule has 1 unspecified atom stereocenters. The molecule has 64 valence electrons. The third-order valence-electron chi connectivity index (χ3n) is 2.29. The Balaban J connectivity index is 2.37. The third kappa shape index (κ3) is 1.29. The van der Waals surface area contributed by atoms with E-state index in [1.165, 1.54) is 11.1 Å². The van der Waals surface area contributed by atoms with Crippen LogP contribution in [0.2, 0.25) is 0 Å².